The number of hydrogen-bond acceptors (Lipinski definition) is 4. The van der Waals surface area contributed by atoms with Gasteiger partial charge in [-0.1, -0.05) is 41.5 Å². The van der Waals surface area contributed by atoms with E-state index >= 15 is 0 Å². The van der Waals surface area contributed by atoms with Crippen molar-refractivity contribution in [1.82, 2.24) is 9.80 Å². The number of nitrogens with zero attached hydrogens (tertiary/aromatic N) is 2. The van der Waals surface area contributed by atoms with Crippen LogP contribution in [-0.2, 0) is 9.53 Å². The van der Waals surface area contributed by atoms with Crippen LogP contribution in [0.3, 0.4) is 0 Å². The summed E-state index contributed by atoms with van der Waals surface area (Å²) >= 11 is 0. The standard InChI is InChI=1S/C18H32N2O6/c1-8-26-12(21)11-18(17(5,6)7)13(16(2,3)4)19(14(22)23)9-10-20(18)15(24)25/h13H,8-11H2,1-7H3,(H,22,23)(H,24,25). The van der Waals surface area contributed by atoms with Crippen LogP contribution in [0.15, 0.2) is 0 Å². The monoisotopic (exact) mass is 372 g/mol. The minimum absolute atomic E-state index is 0.00485. The van der Waals surface area contributed by atoms with Gasteiger partial charge in [-0.05, 0) is 17.8 Å². The molecule has 2 atom stereocenters. The zero-order chi connectivity index (χ0) is 20.5. The zero-order valence-corrected chi connectivity index (χ0v) is 16.8. The molecule has 1 rings (SSSR count). The predicted octanol–water partition coefficient (Wildman–Crippen LogP) is 3.11. The lowest BCUT2D eigenvalue weighted by Crippen LogP contribution is -2.77. The first-order valence-corrected chi connectivity index (χ1v) is 8.86. The average molecular weight is 372 g/mol. The maximum Gasteiger partial charge on any atom is 0.407 e. The van der Waals surface area contributed by atoms with Gasteiger partial charge in [0.05, 0.1) is 24.6 Å². The molecule has 0 saturated carbocycles. The average Bonchev–Trinajstić information content (AvgIpc) is 2.43. The number of ether oxygens (including phenoxy) is 1. The van der Waals surface area contributed by atoms with Gasteiger partial charge in [0.1, 0.15) is 0 Å². The minimum atomic E-state index is -1.26. The fraction of sp³-hybridized carbons (Fsp3) is 0.833. The molecule has 1 aliphatic rings. The van der Waals surface area contributed by atoms with Crippen LogP contribution in [0.1, 0.15) is 54.9 Å². The number of carboxylic acid groups (broad SMARTS) is 2. The maximum atomic E-state index is 12.5. The molecule has 0 aliphatic carbocycles. The number of rotatable bonds is 3. The van der Waals surface area contributed by atoms with Gasteiger partial charge < -0.3 is 19.8 Å². The summed E-state index contributed by atoms with van der Waals surface area (Å²) in [4.78, 5) is 39.1. The number of carbonyl (C=O) groups excluding carboxylic acids is 1. The van der Waals surface area contributed by atoms with E-state index < -0.39 is 40.6 Å². The number of esters is 1. The van der Waals surface area contributed by atoms with E-state index in [1.54, 1.807) is 6.92 Å². The Morgan fingerprint density at radius 1 is 1.04 bits per heavy atom. The zero-order valence-electron chi connectivity index (χ0n) is 16.8. The number of hydrogen-bond donors (Lipinski definition) is 2. The Kier molecular flexibility index (Phi) is 6.21. The summed E-state index contributed by atoms with van der Waals surface area (Å²) in [6, 6.07) is -0.721. The van der Waals surface area contributed by atoms with Crippen LogP contribution in [0, 0.1) is 10.8 Å². The highest BCUT2D eigenvalue weighted by atomic mass is 16.5. The molecule has 8 nitrogen and oxygen atoms in total. The number of carbonyl (C=O) groups is 3. The fourth-order valence-electron chi connectivity index (χ4n) is 4.30. The first-order valence-electron chi connectivity index (χ1n) is 8.86. The molecule has 150 valence electrons. The smallest absolute Gasteiger partial charge is 0.407 e. The third-order valence-electron chi connectivity index (χ3n) is 5.13. The first kappa shape index (κ1) is 22.1. The molecule has 8 heteroatoms. The third-order valence-corrected chi connectivity index (χ3v) is 5.13. The lowest BCUT2D eigenvalue weighted by Gasteiger charge is -2.63. The van der Waals surface area contributed by atoms with Crippen molar-refractivity contribution in [2.45, 2.75) is 66.5 Å². The second kappa shape index (κ2) is 7.32. The highest BCUT2D eigenvalue weighted by Crippen LogP contribution is 2.50. The SMILES string of the molecule is CCOC(=O)CC1(C(C)(C)C)C(C(C)(C)C)N(C(=O)O)CCN1C(=O)O. The molecular weight excluding hydrogens is 340 g/mol. The maximum absolute atomic E-state index is 12.5. The fourth-order valence-corrected chi connectivity index (χ4v) is 4.30. The quantitative estimate of drug-likeness (QED) is 0.737. The molecular formula is C18H32N2O6. The van der Waals surface area contributed by atoms with E-state index in [-0.39, 0.29) is 26.1 Å². The van der Waals surface area contributed by atoms with Crippen molar-refractivity contribution in [3.63, 3.8) is 0 Å². The summed E-state index contributed by atoms with van der Waals surface area (Å²) < 4.78 is 5.13. The van der Waals surface area contributed by atoms with E-state index in [1.807, 2.05) is 41.5 Å². The summed E-state index contributed by atoms with van der Waals surface area (Å²) in [5.74, 6) is -0.532. The lowest BCUT2D eigenvalue weighted by molar-refractivity contribution is -0.162. The van der Waals surface area contributed by atoms with Gasteiger partial charge in [0.15, 0.2) is 0 Å². The Morgan fingerprint density at radius 3 is 1.92 bits per heavy atom. The molecule has 0 bridgehead atoms. The number of amides is 2. The van der Waals surface area contributed by atoms with Crippen molar-refractivity contribution in [2.24, 2.45) is 10.8 Å². The van der Waals surface area contributed by atoms with E-state index in [0.29, 0.717) is 0 Å². The summed E-state index contributed by atoms with van der Waals surface area (Å²) in [5.41, 5.74) is -2.59. The number of piperazine rings is 1. The van der Waals surface area contributed by atoms with Crippen molar-refractivity contribution in [1.29, 1.82) is 0 Å². The Labute approximate surface area is 155 Å². The molecule has 2 unspecified atom stereocenters. The van der Waals surface area contributed by atoms with E-state index in [4.69, 9.17) is 4.74 Å². The Morgan fingerprint density at radius 2 is 1.58 bits per heavy atom. The van der Waals surface area contributed by atoms with Gasteiger partial charge in [-0.25, -0.2) is 9.59 Å². The third kappa shape index (κ3) is 3.88. The molecule has 1 saturated heterocycles. The van der Waals surface area contributed by atoms with Crippen LogP contribution >= 0.6 is 0 Å². The molecule has 1 heterocycles. The van der Waals surface area contributed by atoms with E-state index in [9.17, 15) is 24.6 Å². The highest BCUT2D eigenvalue weighted by Gasteiger charge is 2.63. The van der Waals surface area contributed by atoms with Crippen molar-refractivity contribution in [3.8, 4) is 0 Å². The molecule has 1 aliphatic heterocycles. The Bertz CT molecular complexity index is 563. The molecule has 2 N–H and O–H groups in total. The van der Waals surface area contributed by atoms with Crippen LogP contribution in [0.4, 0.5) is 9.59 Å². The van der Waals surface area contributed by atoms with Gasteiger partial charge in [-0.3, -0.25) is 9.69 Å². The van der Waals surface area contributed by atoms with Crippen LogP contribution in [0.2, 0.25) is 0 Å². The van der Waals surface area contributed by atoms with Crippen molar-refractivity contribution < 1.29 is 29.3 Å². The van der Waals surface area contributed by atoms with E-state index in [0.717, 1.165) is 0 Å². The first-order chi connectivity index (χ1) is 11.7. The molecule has 26 heavy (non-hydrogen) atoms. The van der Waals surface area contributed by atoms with Crippen molar-refractivity contribution in [3.05, 3.63) is 0 Å². The Hall–Kier alpha value is -1.99. The predicted molar refractivity (Wildman–Crippen MR) is 96.1 cm³/mol. The molecule has 0 spiro atoms. The van der Waals surface area contributed by atoms with Gasteiger partial charge in [0.2, 0.25) is 0 Å². The molecule has 2 amide bonds. The molecule has 1 fully saturated rings. The normalized spacial score (nSPS) is 24.3. The van der Waals surface area contributed by atoms with Crippen LogP contribution in [-0.4, -0.2) is 69.4 Å². The second-order valence-electron chi connectivity index (χ2n) is 8.83. The second-order valence-corrected chi connectivity index (χ2v) is 8.83. The minimum Gasteiger partial charge on any atom is -0.466 e. The van der Waals surface area contributed by atoms with Crippen molar-refractivity contribution in [2.75, 3.05) is 19.7 Å². The van der Waals surface area contributed by atoms with E-state index in [1.165, 1.54) is 9.80 Å². The van der Waals surface area contributed by atoms with Gasteiger partial charge in [-0.15, -0.1) is 0 Å². The van der Waals surface area contributed by atoms with Gasteiger partial charge in [0, 0.05) is 13.1 Å². The summed E-state index contributed by atoms with van der Waals surface area (Å²) in [7, 11) is 0. The van der Waals surface area contributed by atoms with Crippen LogP contribution in [0.5, 0.6) is 0 Å². The highest BCUT2D eigenvalue weighted by molar-refractivity contribution is 5.76. The molecule has 0 aromatic rings. The van der Waals surface area contributed by atoms with Gasteiger partial charge >= 0.3 is 18.2 Å². The van der Waals surface area contributed by atoms with Gasteiger partial charge in [0.25, 0.3) is 0 Å². The molecule has 0 radical (unpaired) electrons. The Balaban J connectivity index is 3.75. The van der Waals surface area contributed by atoms with Crippen LogP contribution in [0.25, 0.3) is 0 Å². The van der Waals surface area contributed by atoms with Crippen LogP contribution < -0.4 is 0 Å². The van der Waals surface area contributed by atoms with Gasteiger partial charge in [-0.2, -0.15) is 0 Å². The molecule has 0 aromatic carbocycles. The summed E-state index contributed by atoms with van der Waals surface area (Å²) in [6.45, 7) is 13.0. The van der Waals surface area contributed by atoms with E-state index in [2.05, 4.69) is 0 Å². The molecule has 0 aromatic heterocycles. The largest absolute Gasteiger partial charge is 0.466 e. The summed E-state index contributed by atoms with van der Waals surface area (Å²) in [5, 5.41) is 19.7. The topological polar surface area (TPSA) is 107 Å². The summed E-state index contributed by atoms with van der Waals surface area (Å²) in [6.07, 6.45) is -2.49. The van der Waals surface area contributed by atoms with Crippen molar-refractivity contribution >= 4 is 18.2 Å². The lowest BCUT2D eigenvalue weighted by atomic mass is 9.58.